The summed E-state index contributed by atoms with van der Waals surface area (Å²) in [6.07, 6.45) is -5.73. The average molecular weight is 214 g/mol. The van der Waals surface area contributed by atoms with Gasteiger partial charge in [-0.3, -0.25) is 5.26 Å². The molecule has 0 amide bonds. The Morgan fingerprint density at radius 3 is 1.79 bits per heavy atom. The summed E-state index contributed by atoms with van der Waals surface area (Å²) in [6, 6.07) is 0. The van der Waals surface area contributed by atoms with E-state index in [1.54, 1.807) is 13.8 Å². The first-order valence-corrected chi connectivity index (χ1v) is 4.57. The molecule has 0 fully saturated rings. The molecule has 5 heteroatoms. The molecule has 86 valence electrons. The molecule has 0 aromatic rings. The van der Waals surface area contributed by atoms with E-state index in [1.807, 2.05) is 0 Å². The molecule has 0 spiro atoms. The lowest BCUT2D eigenvalue weighted by molar-refractivity contribution is -0.356. The monoisotopic (exact) mass is 214 g/mol. The molecular formula is C9H17F3O2. The third-order valence-corrected chi connectivity index (χ3v) is 2.73. The van der Waals surface area contributed by atoms with Crippen molar-refractivity contribution in [2.24, 2.45) is 11.3 Å². The van der Waals surface area contributed by atoms with Gasteiger partial charge in [0.2, 0.25) is 0 Å². The van der Waals surface area contributed by atoms with Gasteiger partial charge in [-0.2, -0.15) is 13.2 Å². The van der Waals surface area contributed by atoms with Gasteiger partial charge >= 0.3 is 6.18 Å². The molecule has 0 aliphatic heterocycles. The van der Waals surface area contributed by atoms with Crippen LogP contribution in [0.25, 0.3) is 0 Å². The molecule has 2 unspecified atom stereocenters. The van der Waals surface area contributed by atoms with Gasteiger partial charge in [-0.15, -0.1) is 0 Å². The van der Waals surface area contributed by atoms with Gasteiger partial charge < -0.3 is 0 Å². The molecule has 0 aliphatic rings. The van der Waals surface area contributed by atoms with Crippen LogP contribution in [0.3, 0.4) is 0 Å². The SMILES string of the molecule is CCC(C)(C(OO)C(C)C)C(F)(F)F. The van der Waals surface area contributed by atoms with Crippen molar-refractivity contribution in [3.05, 3.63) is 0 Å². The molecule has 0 aromatic carbocycles. The smallest absolute Gasteiger partial charge is 0.252 e. The first-order chi connectivity index (χ1) is 6.20. The quantitative estimate of drug-likeness (QED) is 0.573. The van der Waals surface area contributed by atoms with E-state index in [0.717, 1.165) is 6.92 Å². The van der Waals surface area contributed by atoms with Gasteiger partial charge in [-0.1, -0.05) is 20.8 Å². The summed E-state index contributed by atoms with van der Waals surface area (Å²) >= 11 is 0. The van der Waals surface area contributed by atoms with Gasteiger partial charge in [0, 0.05) is 0 Å². The Morgan fingerprint density at radius 2 is 1.71 bits per heavy atom. The molecule has 0 saturated carbocycles. The van der Waals surface area contributed by atoms with E-state index >= 15 is 0 Å². The normalized spacial score (nSPS) is 19.5. The largest absolute Gasteiger partial charge is 0.396 e. The zero-order valence-electron chi connectivity index (χ0n) is 8.85. The van der Waals surface area contributed by atoms with E-state index in [9.17, 15) is 13.2 Å². The van der Waals surface area contributed by atoms with Crippen molar-refractivity contribution in [1.82, 2.24) is 0 Å². The van der Waals surface area contributed by atoms with Crippen molar-refractivity contribution in [2.45, 2.75) is 46.4 Å². The highest BCUT2D eigenvalue weighted by Crippen LogP contribution is 2.46. The van der Waals surface area contributed by atoms with E-state index in [-0.39, 0.29) is 6.42 Å². The van der Waals surface area contributed by atoms with Gasteiger partial charge in [-0.25, -0.2) is 4.89 Å². The van der Waals surface area contributed by atoms with E-state index in [0.29, 0.717) is 0 Å². The van der Waals surface area contributed by atoms with Crippen LogP contribution in [0.2, 0.25) is 0 Å². The minimum Gasteiger partial charge on any atom is -0.252 e. The van der Waals surface area contributed by atoms with Gasteiger partial charge in [0.15, 0.2) is 0 Å². The van der Waals surface area contributed by atoms with Crippen LogP contribution in [-0.2, 0) is 4.89 Å². The molecular weight excluding hydrogens is 197 g/mol. The lowest BCUT2D eigenvalue weighted by Gasteiger charge is -2.38. The summed E-state index contributed by atoms with van der Waals surface area (Å²) in [4.78, 5) is 3.97. The van der Waals surface area contributed by atoms with E-state index in [2.05, 4.69) is 4.89 Å². The molecule has 0 rings (SSSR count). The van der Waals surface area contributed by atoms with Crippen molar-refractivity contribution >= 4 is 0 Å². The fourth-order valence-corrected chi connectivity index (χ4v) is 1.54. The topological polar surface area (TPSA) is 29.5 Å². The Balaban J connectivity index is 5.00. The lowest BCUT2D eigenvalue weighted by Crippen LogP contribution is -2.48. The summed E-state index contributed by atoms with van der Waals surface area (Å²) in [6.45, 7) is 5.66. The molecule has 0 radical (unpaired) electrons. The number of hydrogen-bond acceptors (Lipinski definition) is 2. The van der Waals surface area contributed by atoms with Crippen molar-refractivity contribution in [2.75, 3.05) is 0 Å². The van der Waals surface area contributed by atoms with E-state index < -0.39 is 23.6 Å². The number of alkyl halides is 3. The number of hydrogen-bond donors (Lipinski definition) is 1. The first-order valence-electron chi connectivity index (χ1n) is 4.57. The molecule has 14 heavy (non-hydrogen) atoms. The summed E-state index contributed by atoms with van der Waals surface area (Å²) in [7, 11) is 0. The predicted molar refractivity (Wildman–Crippen MR) is 46.8 cm³/mol. The van der Waals surface area contributed by atoms with Gasteiger partial charge in [0.1, 0.15) is 6.10 Å². The zero-order chi connectivity index (χ0) is 11.6. The molecule has 2 nitrogen and oxygen atoms in total. The maximum Gasteiger partial charge on any atom is 0.396 e. The van der Waals surface area contributed by atoms with Crippen molar-refractivity contribution in [3.8, 4) is 0 Å². The summed E-state index contributed by atoms with van der Waals surface area (Å²) in [5.41, 5.74) is -2.00. The second-order valence-corrected chi connectivity index (χ2v) is 4.04. The van der Waals surface area contributed by atoms with Crippen molar-refractivity contribution < 1.29 is 23.3 Å². The molecule has 0 aliphatic carbocycles. The number of rotatable bonds is 4. The Bertz CT molecular complexity index is 179. The third-order valence-electron chi connectivity index (χ3n) is 2.73. The highest BCUT2D eigenvalue weighted by molar-refractivity contribution is 4.89. The van der Waals surface area contributed by atoms with E-state index in [4.69, 9.17) is 5.26 Å². The molecule has 0 aromatic heterocycles. The summed E-state index contributed by atoms with van der Waals surface area (Å²) in [5, 5.41) is 8.53. The molecule has 0 bridgehead atoms. The summed E-state index contributed by atoms with van der Waals surface area (Å²) < 4.78 is 38.1. The fraction of sp³-hybridized carbons (Fsp3) is 1.00. The van der Waals surface area contributed by atoms with Crippen molar-refractivity contribution in [1.29, 1.82) is 0 Å². The van der Waals surface area contributed by atoms with Crippen LogP contribution in [0.4, 0.5) is 13.2 Å². The van der Waals surface area contributed by atoms with Crippen LogP contribution < -0.4 is 0 Å². The minimum atomic E-state index is -4.38. The van der Waals surface area contributed by atoms with Crippen molar-refractivity contribution in [3.63, 3.8) is 0 Å². The van der Waals surface area contributed by atoms with E-state index in [1.165, 1.54) is 6.92 Å². The minimum absolute atomic E-state index is 0.125. The number of halogens is 3. The van der Waals surface area contributed by atoms with Gasteiger partial charge in [0.25, 0.3) is 0 Å². The van der Waals surface area contributed by atoms with Crippen LogP contribution in [0.15, 0.2) is 0 Å². The molecule has 1 N–H and O–H groups in total. The average Bonchev–Trinajstić information content (AvgIpc) is 2.02. The van der Waals surface area contributed by atoms with Crippen LogP contribution in [0, 0.1) is 11.3 Å². The maximum absolute atomic E-state index is 12.7. The highest BCUT2D eigenvalue weighted by Gasteiger charge is 2.56. The Kier molecular flexibility index (Phi) is 4.39. The van der Waals surface area contributed by atoms with Crippen LogP contribution >= 0.6 is 0 Å². The van der Waals surface area contributed by atoms with Crippen LogP contribution in [0.5, 0.6) is 0 Å². The van der Waals surface area contributed by atoms with Crippen LogP contribution in [0.1, 0.15) is 34.1 Å². The second-order valence-electron chi connectivity index (χ2n) is 4.04. The molecule has 0 saturated heterocycles. The van der Waals surface area contributed by atoms with Gasteiger partial charge in [0.05, 0.1) is 5.41 Å². The maximum atomic E-state index is 12.7. The molecule has 2 atom stereocenters. The van der Waals surface area contributed by atoms with Crippen LogP contribution in [-0.4, -0.2) is 17.5 Å². The third kappa shape index (κ3) is 2.39. The standard InChI is InChI=1S/C9H17F3O2/c1-5-8(4,9(10,11)12)7(14-13)6(2)3/h6-7,13H,5H2,1-4H3. The molecule has 0 heterocycles. The Morgan fingerprint density at radius 1 is 1.29 bits per heavy atom. The first kappa shape index (κ1) is 13.7. The zero-order valence-corrected chi connectivity index (χ0v) is 8.85. The highest BCUT2D eigenvalue weighted by atomic mass is 19.4. The predicted octanol–water partition coefficient (Wildman–Crippen LogP) is 3.48. The Labute approximate surface area is 82.0 Å². The lowest BCUT2D eigenvalue weighted by atomic mass is 9.76. The fourth-order valence-electron chi connectivity index (χ4n) is 1.54. The second kappa shape index (κ2) is 4.49. The summed E-state index contributed by atoms with van der Waals surface area (Å²) in [5.74, 6) is -0.397. The Hall–Kier alpha value is -0.290. The van der Waals surface area contributed by atoms with Gasteiger partial charge in [-0.05, 0) is 19.3 Å².